The van der Waals surface area contributed by atoms with Crippen LogP contribution in [-0.2, 0) is 9.59 Å². The lowest BCUT2D eigenvalue weighted by Crippen LogP contribution is -2.30. The molecule has 0 atom stereocenters. The number of nitrogen functional groups attached to an aromatic ring is 1. The molecule has 24 heavy (non-hydrogen) atoms. The summed E-state index contributed by atoms with van der Waals surface area (Å²) in [5.74, 6) is -2.51. The van der Waals surface area contributed by atoms with Gasteiger partial charge in [0.25, 0.3) is 0 Å². The standard InChI is InChI=1S/C11H16ClN3S.C4H4O4/c1-2-5-15-6-3-4-8(7-15)9-10(12)16-11(13)14-9;5-3(6)1-2-4(7)8/h4H,2-3,5-7H2,1H3,(H2,13,14);1-2H,(H,5,6)(H,7,8)/b;2-1+. The number of carbonyl (C=O) groups is 2. The minimum Gasteiger partial charge on any atom is -0.478 e. The monoisotopic (exact) mass is 373 g/mol. The van der Waals surface area contributed by atoms with E-state index in [0.717, 1.165) is 31.7 Å². The van der Waals surface area contributed by atoms with Gasteiger partial charge in [-0.1, -0.05) is 35.9 Å². The first-order valence-corrected chi connectivity index (χ1v) is 8.50. The van der Waals surface area contributed by atoms with Gasteiger partial charge in [-0.3, -0.25) is 4.90 Å². The van der Waals surface area contributed by atoms with E-state index in [2.05, 4.69) is 22.9 Å². The van der Waals surface area contributed by atoms with Crippen molar-refractivity contribution in [3.63, 3.8) is 0 Å². The number of halogens is 1. The Kier molecular flexibility index (Phi) is 8.45. The van der Waals surface area contributed by atoms with Crippen LogP contribution in [0.2, 0.25) is 4.34 Å². The smallest absolute Gasteiger partial charge is 0.328 e. The van der Waals surface area contributed by atoms with Crippen molar-refractivity contribution in [3.8, 4) is 0 Å². The lowest BCUT2D eigenvalue weighted by molar-refractivity contribution is -0.134. The number of carboxylic acids is 2. The van der Waals surface area contributed by atoms with Crippen molar-refractivity contribution in [2.75, 3.05) is 25.4 Å². The first-order valence-electron chi connectivity index (χ1n) is 7.31. The van der Waals surface area contributed by atoms with Crippen molar-refractivity contribution in [1.82, 2.24) is 9.88 Å². The third kappa shape index (κ3) is 7.12. The second kappa shape index (κ2) is 10.1. The van der Waals surface area contributed by atoms with Crippen LogP contribution < -0.4 is 5.73 Å². The van der Waals surface area contributed by atoms with Crippen LogP contribution in [0.15, 0.2) is 18.2 Å². The molecule has 0 bridgehead atoms. The van der Waals surface area contributed by atoms with Gasteiger partial charge in [-0.2, -0.15) is 0 Å². The average molecular weight is 374 g/mol. The largest absolute Gasteiger partial charge is 0.478 e. The number of hydrogen-bond donors (Lipinski definition) is 3. The molecule has 0 amide bonds. The second-order valence-corrected chi connectivity index (χ2v) is 6.61. The molecule has 9 heteroatoms. The second-order valence-electron chi connectivity index (χ2n) is 4.98. The highest BCUT2D eigenvalue weighted by molar-refractivity contribution is 7.19. The number of aromatic nitrogens is 1. The van der Waals surface area contributed by atoms with E-state index in [-0.39, 0.29) is 0 Å². The lowest BCUT2D eigenvalue weighted by Gasteiger charge is -2.26. The fourth-order valence-electron chi connectivity index (χ4n) is 2.14. The first kappa shape index (κ1) is 20.1. The first-order chi connectivity index (χ1) is 11.3. The lowest BCUT2D eigenvalue weighted by atomic mass is 10.1. The molecule has 0 fully saturated rings. The SMILES string of the molecule is CCCN1CCC=C(c2nc(N)sc2Cl)C1.O=C(O)/C=C/C(=O)O. The zero-order valence-electron chi connectivity index (χ0n) is 13.2. The number of carboxylic acid groups (broad SMARTS) is 2. The molecule has 1 aromatic heterocycles. The van der Waals surface area contributed by atoms with Crippen LogP contribution in [0.3, 0.4) is 0 Å². The molecule has 2 heterocycles. The van der Waals surface area contributed by atoms with E-state index < -0.39 is 11.9 Å². The van der Waals surface area contributed by atoms with E-state index in [0.29, 0.717) is 21.6 Å². The van der Waals surface area contributed by atoms with Crippen LogP contribution in [0.25, 0.3) is 5.57 Å². The zero-order valence-corrected chi connectivity index (χ0v) is 14.8. The number of rotatable bonds is 5. The van der Waals surface area contributed by atoms with Gasteiger partial charge in [0, 0.05) is 25.2 Å². The number of thiazole rings is 1. The Morgan fingerprint density at radius 2 is 2.04 bits per heavy atom. The highest BCUT2D eigenvalue weighted by Crippen LogP contribution is 2.32. The molecular weight excluding hydrogens is 354 g/mol. The molecule has 4 N–H and O–H groups in total. The maximum Gasteiger partial charge on any atom is 0.328 e. The van der Waals surface area contributed by atoms with Crippen LogP contribution in [0.4, 0.5) is 5.13 Å². The maximum absolute atomic E-state index is 9.55. The minimum absolute atomic E-state index is 0.550. The fraction of sp³-hybridized carbons (Fsp3) is 0.400. The minimum atomic E-state index is -1.26. The van der Waals surface area contributed by atoms with Gasteiger partial charge in [-0.25, -0.2) is 14.6 Å². The highest BCUT2D eigenvalue weighted by Gasteiger charge is 2.18. The van der Waals surface area contributed by atoms with Gasteiger partial charge in [0.05, 0.1) is 5.69 Å². The Labute approximate surface area is 149 Å². The molecule has 2 rings (SSSR count). The van der Waals surface area contributed by atoms with Gasteiger partial charge in [0.1, 0.15) is 4.34 Å². The normalized spacial score (nSPS) is 14.8. The summed E-state index contributed by atoms with van der Waals surface area (Å²) in [6.07, 6.45) is 5.60. The van der Waals surface area contributed by atoms with Gasteiger partial charge in [0.15, 0.2) is 5.13 Å². The van der Waals surface area contributed by atoms with Gasteiger partial charge in [-0.15, -0.1) is 0 Å². The zero-order chi connectivity index (χ0) is 18.1. The Morgan fingerprint density at radius 3 is 2.50 bits per heavy atom. The summed E-state index contributed by atoms with van der Waals surface area (Å²) in [6.45, 7) is 5.41. The Morgan fingerprint density at radius 1 is 1.42 bits per heavy atom. The summed E-state index contributed by atoms with van der Waals surface area (Å²) in [5, 5.41) is 16.2. The van der Waals surface area contributed by atoms with E-state index in [1.165, 1.54) is 23.3 Å². The summed E-state index contributed by atoms with van der Waals surface area (Å²) < 4.78 is 0.710. The van der Waals surface area contributed by atoms with Crippen molar-refractivity contribution >= 4 is 45.6 Å². The molecule has 0 radical (unpaired) electrons. The quantitative estimate of drug-likeness (QED) is 0.679. The summed E-state index contributed by atoms with van der Waals surface area (Å²) in [4.78, 5) is 25.8. The third-order valence-electron chi connectivity index (χ3n) is 3.04. The molecule has 0 aromatic carbocycles. The Balaban J connectivity index is 0.000000307. The van der Waals surface area contributed by atoms with Crippen molar-refractivity contribution < 1.29 is 19.8 Å². The Hall–Kier alpha value is -1.90. The van der Waals surface area contributed by atoms with Crippen molar-refractivity contribution in [1.29, 1.82) is 0 Å². The van der Waals surface area contributed by atoms with E-state index in [4.69, 9.17) is 27.5 Å². The summed E-state index contributed by atoms with van der Waals surface area (Å²) >= 11 is 7.47. The molecule has 0 aliphatic carbocycles. The summed E-state index contributed by atoms with van der Waals surface area (Å²) in [5.41, 5.74) is 7.76. The molecule has 0 saturated heterocycles. The average Bonchev–Trinajstić information content (AvgIpc) is 2.85. The molecule has 0 unspecified atom stereocenters. The van der Waals surface area contributed by atoms with Crippen molar-refractivity contribution in [3.05, 3.63) is 28.3 Å². The summed E-state index contributed by atoms with van der Waals surface area (Å²) in [6, 6.07) is 0. The third-order valence-corrected chi connectivity index (χ3v) is 4.13. The molecule has 1 aliphatic rings. The van der Waals surface area contributed by atoms with Crippen LogP contribution in [0, 0.1) is 0 Å². The number of nitrogens with zero attached hydrogens (tertiary/aromatic N) is 2. The van der Waals surface area contributed by atoms with E-state index in [9.17, 15) is 9.59 Å². The predicted octanol–water partition coefficient (Wildman–Crippen LogP) is 2.59. The summed E-state index contributed by atoms with van der Waals surface area (Å²) in [7, 11) is 0. The van der Waals surface area contributed by atoms with Crippen molar-refractivity contribution in [2.24, 2.45) is 0 Å². The number of hydrogen-bond acceptors (Lipinski definition) is 6. The van der Waals surface area contributed by atoms with Crippen LogP contribution >= 0.6 is 22.9 Å². The number of nitrogens with two attached hydrogens (primary N) is 1. The molecule has 7 nitrogen and oxygen atoms in total. The van der Waals surface area contributed by atoms with Crippen LogP contribution in [0.5, 0.6) is 0 Å². The predicted molar refractivity (Wildman–Crippen MR) is 95.3 cm³/mol. The van der Waals surface area contributed by atoms with E-state index in [1.807, 2.05) is 0 Å². The van der Waals surface area contributed by atoms with Gasteiger partial charge < -0.3 is 15.9 Å². The van der Waals surface area contributed by atoms with Crippen LogP contribution in [-0.4, -0.2) is 51.7 Å². The molecular formula is C15H20ClN3O4S. The topological polar surface area (TPSA) is 117 Å². The molecule has 0 saturated carbocycles. The van der Waals surface area contributed by atoms with Gasteiger partial charge in [0.2, 0.25) is 0 Å². The number of aliphatic carboxylic acids is 2. The number of anilines is 1. The van der Waals surface area contributed by atoms with Crippen molar-refractivity contribution in [2.45, 2.75) is 19.8 Å². The highest BCUT2D eigenvalue weighted by atomic mass is 35.5. The molecule has 132 valence electrons. The van der Waals surface area contributed by atoms with Crippen LogP contribution in [0.1, 0.15) is 25.5 Å². The van der Waals surface area contributed by atoms with E-state index >= 15 is 0 Å². The maximum atomic E-state index is 9.55. The van der Waals surface area contributed by atoms with E-state index in [1.54, 1.807) is 0 Å². The van der Waals surface area contributed by atoms with Gasteiger partial charge in [-0.05, 0) is 25.0 Å². The molecule has 0 spiro atoms. The fourth-order valence-corrected chi connectivity index (χ4v) is 3.14. The Bertz CT molecular complexity index is 627. The van der Waals surface area contributed by atoms with Gasteiger partial charge >= 0.3 is 11.9 Å². The molecule has 1 aliphatic heterocycles. The molecule has 1 aromatic rings.